The van der Waals surface area contributed by atoms with Crippen molar-refractivity contribution in [2.24, 2.45) is 0 Å². The fraction of sp³-hybridized carbons (Fsp3) is 0.533. The lowest BCUT2D eigenvalue weighted by molar-refractivity contribution is -0.122. The zero-order valence-corrected chi connectivity index (χ0v) is 13.5. The lowest BCUT2D eigenvalue weighted by atomic mass is 10.0. The van der Waals surface area contributed by atoms with Crippen molar-refractivity contribution in [3.8, 4) is 0 Å². The van der Waals surface area contributed by atoms with Crippen molar-refractivity contribution in [2.75, 3.05) is 13.7 Å². The number of hydrogen-bond donors (Lipinski definition) is 2. The summed E-state index contributed by atoms with van der Waals surface area (Å²) in [6, 6.07) is 7.12. The van der Waals surface area contributed by atoms with Crippen LogP contribution in [-0.4, -0.2) is 30.8 Å². The van der Waals surface area contributed by atoms with Crippen LogP contribution in [0.2, 0.25) is 0 Å². The van der Waals surface area contributed by atoms with Gasteiger partial charge in [0.1, 0.15) is 0 Å². The summed E-state index contributed by atoms with van der Waals surface area (Å²) in [5, 5.41) is 13.0. The maximum absolute atomic E-state index is 11.7. The first-order chi connectivity index (χ1) is 9.54. The molecule has 2 unspecified atom stereocenters. The number of halogens is 1. The number of rotatable bonds is 8. The molecule has 0 aliphatic carbocycles. The van der Waals surface area contributed by atoms with Crippen molar-refractivity contribution in [1.29, 1.82) is 0 Å². The third-order valence-corrected chi connectivity index (χ3v) is 3.60. The molecule has 1 aromatic carbocycles. The molecule has 0 aliphatic rings. The molecule has 0 heterocycles. The summed E-state index contributed by atoms with van der Waals surface area (Å²) in [5.74, 6) is -0.0373. The smallest absolute Gasteiger partial charge is 0.220 e. The van der Waals surface area contributed by atoms with Gasteiger partial charge in [-0.3, -0.25) is 4.79 Å². The van der Waals surface area contributed by atoms with E-state index in [1.165, 1.54) is 0 Å². The Kier molecular flexibility index (Phi) is 7.80. The zero-order chi connectivity index (χ0) is 15.0. The van der Waals surface area contributed by atoms with Gasteiger partial charge in [0.05, 0.1) is 12.1 Å². The topological polar surface area (TPSA) is 58.6 Å². The Morgan fingerprint density at radius 3 is 2.60 bits per heavy atom. The largest absolute Gasteiger partial charge is 0.386 e. The molecule has 1 rings (SSSR count). The molecule has 2 atom stereocenters. The number of amides is 1. The first kappa shape index (κ1) is 17.1. The second-order valence-corrected chi connectivity index (χ2v) is 5.72. The first-order valence-electron chi connectivity index (χ1n) is 6.76. The first-order valence-corrected chi connectivity index (χ1v) is 7.55. The van der Waals surface area contributed by atoms with Gasteiger partial charge in [0.15, 0.2) is 0 Å². The maximum Gasteiger partial charge on any atom is 0.220 e. The van der Waals surface area contributed by atoms with Gasteiger partial charge in [0, 0.05) is 24.6 Å². The lowest BCUT2D eigenvalue weighted by Crippen LogP contribution is -2.36. The predicted molar refractivity (Wildman–Crippen MR) is 82.4 cm³/mol. The van der Waals surface area contributed by atoms with E-state index in [4.69, 9.17) is 4.74 Å². The van der Waals surface area contributed by atoms with E-state index in [2.05, 4.69) is 21.2 Å². The van der Waals surface area contributed by atoms with Crippen LogP contribution < -0.4 is 5.32 Å². The van der Waals surface area contributed by atoms with Crippen molar-refractivity contribution < 1.29 is 14.6 Å². The molecular formula is C15H22BrNO3. The molecule has 4 nitrogen and oxygen atoms in total. The molecule has 0 radical (unpaired) electrons. The predicted octanol–water partition coefficient (Wildman–Crippen LogP) is 2.80. The van der Waals surface area contributed by atoms with Crippen molar-refractivity contribution in [1.82, 2.24) is 5.32 Å². The van der Waals surface area contributed by atoms with Crippen LogP contribution in [-0.2, 0) is 9.53 Å². The number of ether oxygens (including phenoxy) is 1. The van der Waals surface area contributed by atoms with Crippen molar-refractivity contribution in [2.45, 2.75) is 38.3 Å². The third kappa shape index (κ3) is 6.03. The molecular weight excluding hydrogens is 322 g/mol. The summed E-state index contributed by atoms with van der Waals surface area (Å²) < 4.78 is 5.90. The van der Waals surface area contributed by atoms with E-state index >= 15 is 0 Å². The molecule has 0 aliphatic heterocycles. The number of carbonyl (C=O) groups excluding carboxylic acids is 1. The molecule has 1 amide bonds. The highest BCUT2D eigenvalue weighted by Gasteiger charge is 2.18. The third-order valence-electron chi connectivity index (χ3n) is 3.08. The van der Waals surface area contributed by atoms with Crippen molar-refractivity contribution in [3.05, 3.63) is 34.3 Å². The summed E-state index contributed by atoms with van der Waals surface area (Å²) >= 11 is 3.35. The molecule has 2 N–H and O–H groups in total. The van der Waals surface area contributed by atoms with Crippen LogP contribution in [0, 0.1) is 0 Å². The van der Waals surface area contributed by atoms with E-state index in [9.17, 15) is 9.90 Å². The molecule has 20 heavy (non-hydrogen) atoms. The fourth-order valence-electron chi connectivity index (χ4n) is 1.89. The molecule has 1 aromatic rings. The fourth-order valence-corrected chi connectivity index (χ4v) is 2.15. The summed E-state index contributed by atoms with van der Waals surface area (Å²) in [5.41, 5.74) is 0.792. The molecule has 0 saturated carbocycles. The van der Waals surface area contributed by atoms with E-state index in [-0.39, 0.29) is 11.9 Å². The van der Waals surface area contributed by atoms with Crippen molar-refractivity contribution >= 4 is 21.8 Å². The van der Waals surface area contributed by atoms with Crippen LogP contribution in [0.5, 0.6) is 0 Å². The summed E-state index contributed by atoms with van der Waals surface area (Å²) in [7, 11) is 1.65. The van der Waals surface area contributed by atoms with E-state index in [0.29, 0.717) is 13.0 Å². The number of aliphatic hydroxyl groups excluding tert-OH is 1. The Morgan fingerprint density at radius 1 is 1.35 bits per heavy atom. The van der Waals surface area contributed by atoms with E-state index in [0.717, 1.165) is 22.9 Å². The Balaban J connectivity index is 2.39. The summed E-state index contributed by atoms with van der Waals surface area (Å²) in [6.07, 6.45) is 1.42. The second-order valence-electron chi connectivity index (χ2n) is 4.80. The van der Waals surface area contributed by atoms with Gasteiger partial charge in [-0.25, -0.2) is 0 Å². The van der Waals surface area contributed by atoms with Crippen LogP contribution >= 0.6 is 15.9 Å². The molecule has 0 aromatic heterocycles. The van der Waals surface area contributed by atoms with Gasteiger partial charge in [-0.15, -0.1) is 0 Å². The number of hydrogen-bond acceptors (Lipinski definition) is 3. The number of nitrogens with one attached hydrogen (secondary N) is 1. The average molecular weight is 344 g/mol. The minimum absolute atomic E-state index is 0.0373. The van der Waals surface area contributed by atoms with Gasteiger partial charge in [-0.1, -0.05) is 28.1 Å². The normalized spacial score (nSPS) is 13.8. The molecule has 5 heteroatoms. The minimum atomic E-state index is -0.703. The van der Waals surface area contributed by atoms with Gasteiger partial charge in [0.2, 0.25) is 5.91 Å². The van der Waals surface area contributed by atoms with E-state index < -0.39 is 6.10 Å². The van der Waals surface area contributed by atoms with Crippen LogP contribution in [0.1, 0.15) is 37.9 Å². The highest BCUT2D eigenvalue weighted by molar-refractivity contribution is 9.10. The lowest BCUT2D eigenvalue weighted by Gasteiger charge is -2.20. The number of carbonyl (C=O) groups is 1. The molecule has 112 valence electrons. The maximum atomic E-state index is 11.7. The Morgan fingerprint density at radius 2 is 2.00 bits per heavy atom. The second kappa shape index (κ2) is 9.10. The van der Waals surface area contributed by atoms with Crippen LogP contribution in [0.15, 0.2) is 28.7 Å². The number of unbranched alkanes of at least 4 members (excludes halogenated alkanes) is 1. The van der Waals surface area contributed by atoms with Gasteiger partial charge in [-0.2, -0.15) is 0 Å². The SMILES string of the molecule is COCCCCC(=O)NC(C)C(O)c1ccc(Br)cc1. The van der Waals surface area contributed by atoms with Crippen molar-refractivity contribution in [3.63, 3.8) is 0 Å². The quantitative estimate of drug-likeness (QED) is 0.713. The van der Waals surface area contributed by atoms with Gasteiger partial charge >= 0.3 is 0 Å². The Labute approximate surface area is 128 Å². The Bertz CT molecular complexity index is 408. The number of aliphatic hydroxyl groups is 1. The monoisotopic (exact) mass is 343 g/mol. The summed E-state index contributed by atoms with van der Waals surface area (Å²) in [6.45, 7) is 2.48. The van der Waals surface area contributed by atoms with E-state index in [1.54, 1.807) is 14.0 Å². The van der Waals surface area contributed by atoms with Crippen LogP contribution in [0.25, 0.3) is 0 Å². The molecule has 0 saturated heterocycles. The molecule has 0 bridgehead atoms. The van der Waals surface area contributed by atoms with Gasteiger partial charge < -0.3 is 15.2 Å². The highest BCUT2D eigenvalue weighted by Crippen LogP contribution is 2.19. The van der Waals surface area contributed by atoms with Crippen LogP contribution in [0.3, 0.4) is 0 Å². The van der Waals surface area contributed by atoms with Gasteiger partial charge in [0.25, 0.3) is 0 Å². The van der Waals surface area contributed by atoms with Crippen LogP contribution in [0.4, 0.5) is 0 Å². The van der Waals surface area contributed by atoms with Gasteiger partial charge in [-0.05, 0) is 37.5 Å². The zero-order valence-electron chi connectivity index (χ0n) is 11.9. The van der Waals surface area contributed by atoms with E-state index in [1.807, 2.05) is 24.3 Å². The minimum Gasteiger partial charge on any atom is -0.386 e. The average Bonchev–Trinajstić information content (AvgIpc) is 2.43. The highest BCUT2D eigenvalue weighted by atomic mass is 79.9. The standard InChI is InChI=1S/C15H22BrNO3/c1-11(17-14(18)5-3-4-10-20-2)15(19)12-6-8-13(16)9-7-12/h6-9,11,15,19H,3-5,10H2,1-2H3,(H,17,18). The summed E-state index contributed by atoms with van der Waals surface area (Å²) in [4.78, 5) is 11.7. The number of methoxy groups -OCH3 is 1. The number of benzene rings is 1. The Hall–Kier alpha value is -0.910. The molecule has 0 spiro atoms. The molecule has 0 fully saturated rings.